The lowest BCUT2D eigenvalue weighted by molar-refractivity contribution is 0.00578. The second-order valence-electron chi connectivity index (χ2n) is 28.7. The van der Waals surface area contributed by atoms with Gasteiger partial charge in [0.1, 0.15) is 11.4 Å². The van der Waals surface area contributed by atoms with Gasteiger partial charge in [-0.3, -0.25) is 29.1 Å². The van der Waals surface area contributed by atoms with Gasteiger partial charge < -0.3 is 19.1 Å². The van der Waals surface area contributed by atoms with Gasteiger partial charge in [0.15, 0.2) is 11.6 Å². The molecule has 550 valence electrons. The Labute approximate surface area is 673 Å². The van der Waals surface area contributed by atoms with Gasteiger partial charge in [-0.05, 0) is 241 Å². The molecule has 12 nitrogen and oxygen atoms in total. The fraction of sp³-hybridized carbons (Fsp3) is 0.0600. The number of nitrogens with zero attached hydrogens (tertiary/aromatic N) is 10. The molecule has 0 bridgehead atoms. The van der Waals surface area contributed by atoms with Gasteiger partial charge in [-0.15, -0.1) is 0 Å². The van der Waals surface area contributed by atoms with Crippen LogP contribution in [0.2, 0.25) is 0 Å². The molecule has 0 aliphatic carbocycles. The molecule has 18 aromatic rings. The smallest absolute Gasteiger partial charge is 0.399 e. The zero-order chi connectivity index (χ0) is 77.4. The highest BCUT2D eigenvalue weighted by Crippen LogP contribution is 2.41. The number of hydrogen-bond acceptors (Lipinski definition) is 10. The number of fused-ring (bicyclic) bond motifs is 2. The largest absolute Gasteiger partial charge is 0.494 e. The van der Waals surface area contributed by atoms with E-state index >= 15 is 0 Å². The van der Waals surface area contributed by atoms with Crippen LogP contribution in [0.4, 0.5) is 34.1 Å². The van der Waals surface area contributed by atoms with Crippen LogP contribution in [0.15, 0.2) is 405 Å². The van der Waals surface area contributed by atoms with Crippen LogP contribution < -0.4 is 15.3 Å². The van der Waals surface area contributed by atoms with Crippen molar-refractivity contribution in [2.24, 2.45) is 0 Å². The zero-order valence-electron chi connectivity index (χ0n) is 63.3. The van der Waals surface area contributed by atoms with Gasteiger partial charge >= 0.3 is 7.12 Å². The predicted octanol–water partition coefficient (Wildman–Crippen LogP) is 25.0. The molecule has 0 atom stereocenters. The fourth-order valence-electron chi connectivity index (χ4n) is 14.2. The molecule has 0 N–H and O–H groups in total. The third-order valence-electron chi connectivity index (χ3n) is 20.8. The van der Waals surface area contributed by atoms with E-state index in [0.717, 1.165) is 145 Å². The summed E-state index contributed by atoms with van der Waals surface area (Å²) in [5.74, 6) is 1.63. The number of pyridine rings is 4. The van der Waals surface area contributed by atoms with Crippen molar-refractivity contribution in [2.75, 3.05) is 9.80 Å². The first-order valence-corrected chi connectivity index (χ1v) is 38.9. The first-order chi connectivity index (χ1) is 55.9. The number of halogens is 1. The summed E-state index contributed by atoms with van der Waals surface area (Å²) in [6, 6.07) is 130. The summed E-state index contributed by atoms with van der Waals surface area (Å²) in [7, 11) is -0.341. The molecule has 0 spiro atoms. The minimum atomic E-state index is -0.341. The van der Waals surface area contributed by atoms with Crippen molar-refractivity contribution in [2.45, 2.75) is 38.9 Å². The Balaban J connectivity index is 0.000000131. The van der Waals surface area contributed by atoms with Crippen LogP contribution in [0.3, 0.4) is 0 Å². The lowest BCUT2D eigenvalue weighted by Gasteiger charge is -2.32. The summed E-state index contributed by atoms with van der Waals surface area (Å²) in [5.41, 5.74) is 25.4. The Morgan fingerprint density at radius 1 is 0.272 bits per heavy atom. The van der Waals surface area contributed by atoms with Crippen molar-refractivity contribution >= 4 is 84.7 Å². The van der Waals surface area contributed by atoms with Crippen LogP contribution >= 0.6 is 15.9 Å². The van der Waals surface area contributed by atoms with E-state index in [9.17, 15) is 0 Å². The van der Waals surface area contributed by atoms with E-state index in [0.29, 0.717) is 0 Å². The van der Waals surface area contributed by atoms with Gasteiger partial charge in [-0.1, -0.05) is 212 Å². The van der Waals surface area contributed by atoms with Crippen LogP contribution in [0.5, 0.6) is 0 Å². The van der Waals surface area contributed by atoms with Gasteiger partial charge in [-0.2, -0.15) is 0 Å². The number of rotatable bonds is 16. The third kappa shape index (κ3) is 15.7. The summed E-state index contributed by atoms with van der Waals surface area (Å²) in [4.78, 5) is 33.1. The van der Waals surface area contributed by atoms with Crippen LogP contribution in [0.1, 0.15) is 27.7 Å². The molecule has 12 aromatic carbocycles. The van der Waals surface area contributed by atoms with Gasteiger partial charge in [-0.25, -0.2) is 9.97 Å². The molecule has 6 aromatic heterocycles. The highest BCUT2D eigenvalue weighted by Gasteiger charge is 2.51. The van der Waals surface area contributed by atoms with Crippen LogP contribution in [0.25, 0.3) is 112 Å². The van der Waals surface area contributed by atoms with Gasteiger partial charge in [0.2, 0.25) is 0 Å². The first-order valence-electron chi connectivity index (χ1n) is 38.1. The highest BCUT2D eigenvalue weighted by molar-refractivity contribution is 9.10. The number of imidazole rings is 2. The highest BCUT2D eigenvalue weighted by atomic mass is 79.9. The van der Waals surface area contributed by atoms with E-state index in [-0.39, 0.29) is 18.3 Å². The summed E-state index contributed by atoms with van der Waals surface area (Å²) in [5, 5.41) is 0. The summed E-state index contributed by atoms with van der Waals surface area (Å²) in [6.45, 7) is 8.32. The van der Waals surface area contributed by atoms with E-state index in [4.69, 9.17) is 34.2 Å². The summed E-state index contributed by atoms with van der Waals surface area (Å²) in [6.07, 6.45) is 7.45. The molecule has 7 heterocycles. The minimum absolute atomic E-state index is 0.338. The van der Waals surface area contributed by atoms with Crippen molar-refractivity contribution in [3.63, 3.8) is 0 Å². The van der Waals surface area contributed by atoms with E-state index in [1.54, 1.807) is 6.20 Å². The molecule has 114 heavy (non-hydrogen) atoms. The number of hydrogen-bond donors (Lipinski definition) is 0. The summed E-state index contributed by atoms with van der Waals surface area (Å²) >= 11 is 3.42. The molecule has 19 rings (SSSR count). The maximum atomic E-state index is 6.19. The first kappa shape index (κ1) is 73.1. The average molecular weight is 1540 g/mol. The van der Waals surface area contributed by atoms with Crippen molar-refractivity contribution in [1.29, 1.82) is 0 Å². The van der Waals surface area contributed by atoms with Crippen molar-refractivity contribution in [3.05, 3.63) is 405 Å². The second kappa shape index (κ2) is 32.7. The van der Waals surface area contributed by atoms with Crippen LogP contribution in [-0.2, 0) is 9.31 Å². The molecule has 1 aliphatic rings. The number of para-hydroxylation sites is 10. The van der Waals surface area contributed by atoms with Crippen molar-refractivity contribution < 1.29 is 9.31 Å². The number of aromatic nitrogens is 8. The topological polar surface area (TPSA) is 112 Å². The number of anilines is 6. The molecule has 1 fully saturated rings. The maximum Gasteiger partial charge on any atom is 0.494 e. The summed E-state index contributed by atoms with van der Waals surface area (Å²) < 4.78 is 17.7. The maximum absolute atomic E-state index is 6.19. The number of benzene rings is 12. The molecular formula is C100H78BBrN10O2. The average Bonchev–Trinajstić information content (AvgIpc) is 1.60. The molecular weight excluding hydrogens is 1460 g/mol. The molecule has 0 radical (unpaired) electrons. The molecule has 14 heteroatoms. The van der Waals surface area contributed by atoms with Crippen molar-refractivity contribution in [3.8, 4) is 90.3 Å². The lowest BCUT2D eigenvalue weighted by Crippen LogP contribution is -2.41. The quantitative estimate of drug-likeness (QED) is 0.0867. The second-order valence-corrected chi connectivity index (χ2v) is 29.7. The lowest BCUT2D eigenvalue weighted by atomic mass is 9.78. The van der Waals surface area contributed by atoms with E-state index in [1.165, 1.54) is 11.1 Å². The normalized spacial score (nSPS) is 12.7. The molecule has 1 saturated heterocycles. The Morgan fingerprint density at radius 2 is 0.553 bits per heavy atom. The predicted molar refractivity (Wildman–Crippen MR) is 471 cm³/mol. The van der Waals surface area contributed by atoms with Gasteiger partial charge in [0, 0.05) is 91.4 Å². The van der Waals surface area contributed by atoms with E-state index in [2.05, 4.69) is 316 Å². The molecule has 0 amide bonds. The molecule has 1 aliphatic heterocycles. The SMILES string of the molecule is Brc1ccc(-c2ccc(-c3nc4ccccc4n3-c3ccccc3)nc2)nc1.CC1(C)OB(c2ccc(-c3ccc(N(c4ccccc4)c4ccccc4)cc3)cc2)OC1(C)C.c1ccc(N(c2ccccc2)c2ccc(-c3ccc(-c4ccc(-c5ccc(-c6nc7ccccc7n6-c6ccccc6)nc5)nc4)cc3)cc2)cc1. The van der Waals surface area contributed by atoms with Crippen LogP contribution in [0, 0.1) is 0 Å². The van der Waals surface area contributed by atoms with E-state index in [1.807, 2.05) is 146 Å². The molecule has 0 unspecified atom stereocenters. The fourth-order valence-corrected chi connectivity index (χ4v) is 14.4. The standard InChI is InChI=1S/C47H33N5.C30H30BNO2.C23H15BrN4/c1-4-12-39(13-5-1)51(40-14-6-2-7-15-40)42-28-24-35(25-29-42)34-20-22-36(23-21-34)37-26-30-43(48-32-37)38-27-31-45(49-33-38)47-50-44-18-10-11-19-46(44)52(47)41-16-8-3-9-17-41;1-29(2)30(3,4)34-31(33-29)25-19-15-23(16-20-25)24-17-21-28(22-18-24)32(26-11-7-5-8-12-26)27-13-9-6-10-14-27;24-17-11-13-19(26-15-17)16-10-12-21(25-14-16)23-27-20-8-4-5-9-22(20)28(23)18-6-2-1-3-7-18/h1-33H;5-22H,1-4H3;1-15H. The monoisotopic (exact) mass is 1540 g/mol. The third-order valence-corrected chi connectivity index (χ3v) is 21.3. The molecule has 0 saturated carbocycles. The van der Waals surface area contributed by atoms with Crippen molar-refractivity contribution in [1.82, 2.24) is 39.0 Å². The van der Waals surface area contributed by atoms with E-state index < -0.39 is 0 Å². The zero-order valence-corrected chi connectivity index (χ0v) is 64.9. The Kier molecular flexibility index (Phi) is 20.9. The Hall–Kier alpha value is -13.8. The van der Waals surface area contributed by atoms with Gasteiger partial charge in [0.05, 0.1) is 44.7 Å². The van der Waals surface area contributed by atoms with Gasteiger partial charge in [0.25, 0.3) is 0 Å². The van der Waals surface area contributed by atoms with Crippen LogP contribution in [-0.4, -0.2) is 57.4 Å². The minimum Gasteiger partial charge on any atom is -0.399 e. The Bertz CT molecular complexity index is 6140. The Morgan fingerprint density at radius 3 is 0.904 bits per heavy atom.